The molecule has 4 rings (SSSR count). The molecule has 0 fully saturated rings. The number of rotatable bonds is 29. The van der Waals surface area contributed by atoms with E-state index in [9.17, 15) is 53.0 Å². The molecule has 1 aromatic heterocycles. The summed E-state index contributed by atoms with van der Waals surface area (Å²) in [6.45, 7) is 10.2. The third-order valence-electron chi connectivity index (χ3n) is 12.4. The molecule has 2 heterocycles. The molecule has 1 aliphatic rings. The number of imidazole rings is 1. The van der Waals surface area contributed by atoms with Gasteiger partial charge < -0.3 is 41.4 Å². The second-order valence-corrected chi connectivity index (χ2v) is 19.7. The zero-order valence-electron chi connectivity index (χ0n) is 42.0. The SMILES string of the molecule is CC(C)[C@H](NC(=O)CCCCCN1C(=O)C=CC1=O)C(=O)C[C@@H](C)C(=O)N[C@@H](CCCCNC(=O)[C@@H](N)CCN(C(=O)CO)[C@@H](c1nc(-c2cc(F)ccc2F)cn1Cc1ccccc1)C(C)(C)C)C(=O)O. The monoisotopic (exact) mass is 1000 g/mol. The summed E-state index contributed by atoms with van der Waals surface area (Å²) < 4.78 is 31.2. The van der Waals surface area contributed by atoms with Crippen LogP contribution in [0.1, 0.15) is 117 Å². The molecule has 3 aromatic rings. The van der Waals surface area contributed by atoms with E-state index >= 15 is 4.39 Å². The molecule has 0 radical (unpaired) electrons. The number of carbonyl (C=O) groups is 8. The second-order valence-electron chi connectivity index (χ2n) is 19.7. The third-order valence-corrected chi connectivity index (χ3v) is 12.4. The highest BCUT2D eigenvalue weighted by Crippen LogP contribution is 2.39. The minimum Gasteiger partial charge on any atom is -0.480 e. The number of imide groups is 1. The number of aromatic nitrogens is 2. The van der Waals surface area contributed by atoms with Crippen molar-refractivity contribution in [1.29, 1.82) is 0 Å². The van der Waals surface area contributed by atoms with Crippen LogP contribution in [-0.2, 0) is 44.9 Å². The number of hydrogen-bond acceptors (Lipinski definition) is 11. The number of unbranched alkanes of at least 4 members (excludes halogenated alkanes) is 3. The summed E-state index contributed by atoms with van der Waals surface area (Å²) in [4.78, 5) is 109. The molecule has 20 heteroatoms. The number of ketones is 1. The zero-order valence-corrected chi connectivity index (χ0v) is 42.0. The van der Waals surface area contributed by atoms with Crippen LogP contribution in [-0.4, -0.2) is 121 Å². The first-order valence-electron chi connectivity index (χ1n) is 24.4. The van der Waals surface area contributed by atoms with E-state index in [0.717, 1.165) is 28.7 Å². The molecule has 0 unspecified atom stereocenters. The maximum atomic E-state index is 15.1. The quantitative estimate of drug-likeness (QED) is 0.0413. The van der Waals surface area contributed by atoms with Crippen molar-refractivity contribution in [1.82, 2.24) is 35.3 Å². The Labute approximate surface area is 419 Å². The average molecular weight is 1010 g/mol. The van der Waals surface area contributed by atoms with Gasteiger partial charge in [0.15, 0.2) is 5.78 Å². The topological polar surface area (TPSA) is 263 Å². The zero-order chi connectivity index (χ0) is 53.3. The first-order valence-corrected chi connectivity index (χ1v) is 24.4. The first kappa shape index (κ1) is 57.9. The van der Waals surface area contributed by atoms with Gasteiger partial charge in [-0.25, -0.2) is 18.6 Å². The van der Waals surface area contributed by atoms with E-state index in [0.29, 0.717) is 31.5 Å². The van der Waals surface area contributed by atoms with Gasteiger partial charge in [0.25, 0.3) is 11.8 Å². The Morgan fingerprint density at radius 1 is 0.861 bits per heavy atom. The smallest absolute Gasteiger partial charge is 0.326 e. The summed E-state index contributed by atoms with van der Waals surface area (Å²) in [6, 6.07) is 8.25. The van der Waals surface area contributed by atoms with E-state index in [-0.39, 0.29) is 99.0 Å². The molecule has 6 amide bonds. The Hall–Kier alpha value is -6.67. The van der Waals surface area contributed by atoms with E-state index in [2.05, 4.69) is 16.0 Å². The van der Waals surface area contributed by atoms with Crippen LogP contribution >= 0.6 is 0 Å². The number of carbonyl (C=O) groups excluding carboxylic acids is 7. The van der Waals surface area contributed by atoms with E-state index in [1.807, 2.05) is 51.1 Å². The van der Waals surface area contributed by atoms with E-state index in [1.54, 1.807) is 24.6 Å². The molecule has 2 aromatic carbocycles. The number of aliphatic hydroxyl groups excluding tert-OH is 1. The number of carboxylic acids is 1. The molecule has 0 bridgehead atoms. The number of nitrogens with zero attached hydrogens (tertiary/aromatic N) is 4. The predicted molar refractivity (Wildman–Crippen MR) is 263 cm³/mol. The number of Topliss-reactive ketones (excluding diaryl/α,β-unsaturated/α-hetero) is 1. The minimum absolute atomic E-state index is 0.00982. The highest BCUT2D eigenvalue weighted by atomic mass is 19.1. The Morgan fingerprint density at radius 2 is 1.54 bits per heavy atom. The molecule has 18 nitrogen and oxygen atoms in total. The van der Waals surface area contributed by atoms with Gasteiger partial charge in [-0.05, 0) is 73.6 Å². The number of nitrogens with one attached hydrogen (secondary N) is 3. The van der Waals surface area contributed by atoms with Gasteiger partial charge in [0.2, 0.25) is 23.6 Å². The van der Waals surface area contributed by atoms with Crippen LogP contribution in [0.25, 0.3) is 11.3 Å². The molecule has 392 valence electrons. The number of halogens is 2. The lowest BCUT2D eigenvalue weighted by molar-refractivity contribution is -0.143. The van der Waals surface area contributed by atoms with Crippen LogP contribution in [0.4, 0.5) is 8.78 Å². The lowest BCUT2D eigenvalue weighted by atomic mass is 9.84. The van der Waals surface area contributed by atoms with E-state index < -0.39 is 77.4 Å². The molecule has 5 atom stereocenters. The number of aliphatic carboxylic acids is 1. The molecule has 0 saturated carbocycles. The standard InChI is InChI=1S/C52H70F2N8O10/c1-32(2)46(59-42(65)18-11-8-14-25-61-43(66)21-22-44(61)67)41(64)27-33(3)49(69)58-39(51(71)72)17-12-13-24-56-50(70)38(55)23-26-62(45(68)31-63)47(52(4,5)6)48-57-40(36-28-35(53)19-20-37(36)54)30-60(48)29-34-15-9-7-10-16-34/h7,9-10,15-16,19-22,28,30,32-33,38-39,46-47,63H,8,11-14,17-18,23-27,29,31,55H2,1-6H3,(H,56,70)(H,58,69)(H,59,65)(H,71,72)/t33-,38+,39+,46+,47+/m1/s1. The number of amides is 6. The van der Waals surface area contributed by atoms with E-state index in [1.165, 1.54) is 24.0 Å². The fourth-order valence-corrected chi connectivity index (χ4v) is 8.43. The minimum atomic E-state index is -1.29. The fraction of sp³-hybridized carbons (Fsp3) is 0.519. The maximum Gasteiger partial charge on any atom is 0.326 e. The van der Waals surface area contributed by atoms with Gasteiger partial charge in [0.1, 0.15) is 30.1 Å². The van der Waals surface area contributed by atoms with Crippen LogP contribution < -0.4 is 21.7 Å². The van der Waals surface area contributed by atoms with Crippen LogP contribution in [0.2, 0.25) is 0 Å². The van der Waals surface area contributed by atoms with Crippen molar-refractivity contribution in [2.24, 2.45) is 23.0 Å². The van der Waals surface area contributed by atoms with Gasteiger partial charge in [-0.1, -0.05) is 78.3 Å². The summed E-state index contributed by atoms with van der Waals surface area (Å²) in [5.74, 6) is -6.88. The third kappa shape index (κ3) is 17.0. The number of hydrogen-bond donors (Lipinski definition) is 6. The lowest BCUT2D eigenvalue weighted by Gasteiger charge is -2.40. The average Bonchev–Trinajstić information content (AvgIpc) is 3.88. The summed E-state index contributed by atoms with van der Waals surface area (Å²) in [5.41, 5.74) is 6.50. The summed E-state index contributed by atoms with van der Waals surface area (Å²) >= 11 is 0. The summed E-state index contributed by atoms with van der Waals surface area (Å²) in [7, 11) is 0. The molecule has 0 spiro atoms. The molecule has 0 aliphatic carbocycles. The van der Waals surface area contributed by atoms with Crippen molar-refractivity contribution in [2.45, 2.75) is 130 Å². The fourth-order valence-electron chi connectivity index (χ4n) is 8.43. The molecule has 0 saturated heterocycles. The maximum absolute atomic E-state index is 15.1. The normalized spacial score (nSPS) is 14.7. The van der Waals surface area contributed by atoms with Gasteiger partial charge >= 0.3 is 5.97 Å². The van der Waals surface area contributed by atoms with Gasteiger partial charge in [0.05, 0.1) is 23.8 Å². The molecular weight excluding hydrogens is 935 g/mol. The lowest BCUT2D eigenvalue weighted by Crippen LogP contribution is -2.48. The number of benzene rings is 2. The van der Waals surface area contributed by atoms with Crippen molar-refractivity contribution in [3.63, 3.8) is 0 Å². The second kappa shape index (κ2) is 27.2. The van der Waals surface area contributed by atoms with Gasteiger partial charge in [-0.3, -0.25) is 38.5 Å². The van der Waals surface area contributed by atoms with Gasteiger partial charge in [-0.2, -0.15) is 0 Å². The summed E-state index contributed by atoms with van der Waals surface area (Å²) in [6.07, 6.45) is 6.00. The van der Waals surface area contributed by atoms with Crippen molar-refractivity contribution in [3.8, 4) is 11.3 Å². The Bertz CT molecular complexity index is 2400. The predicted octanol–water partition coefficient (Wildman–Crippen LogP) is 4.58. The molecule has 1 aliphatic heterocycles. The number of aliphatic hydroxyl groups is 1. The summed E-state index contributed by atoms with van der Waals surface area (Å²) in [5, 5.41) is 28.0. The van der Waals surface area contributed by atoms with Crippen LogP contribution in [0.5, 0.6) is 0 Å². The molecule has 72 heavy (non-hydrogen) atoms. The van der Waals surface area contributed by atoms with Crippen molar-refractivity contribution < 1.29 is 57.4 Å². The van der Waals surface area contributed by atoms with Crippen molar-refractivity contribution in [3.05, 3.63) is 89.9 Å². The van der Waals surface area contributed by atoms with Gasteiger partial charge in [0, 0.05) is 68.9 Å². The Kier molecular flexibility index (Phi) is 21.9. The molecular formula is C52H70F2N8O10. The van der Waals surface area contributed by atoms with Crippen LogP contribution in [0, 0.1) is 28.9 Å². The van der Waals surface area contributed by atoms with Crippen molar-refractivity contribution >= 4 is 47.2 Å². The van der Waals surface area contributed by atoms with Gasteiger partial charge in [-0.15, -0.1) is 0 Å². The molecule has 7 N–H and O–H groups in total. The Morgan fingerprint density at radius 3 is 2.17 bits per heavy atom. The van der Waals surface area contributed by atoms with E-state index in [4.69, 9.17) is 10.7 Å². The number of carboxylic acid groups (broad SMARTS) is 1. The highest BCUT2D eigenvalue weighted by molar-refractivity contribution is 6.12. The largest absolute Gasteiger partial charge is 0.480 e. The van der Waals surface area contributed by atoms with Crippen molar-refractivity contribution in [2.75, 3.05) is 26.2 Å². The number of nitrogens with two attached hydrogens (primary N) is 1. The highest BCUT2D eigenvalue weighted by Gasteiger charge is 2.39. The van der Waals surface area contributed by atoms with Crippen LogP contribution in [0.15, 0.2) is 66.9 Å². The Balaban J connectivity index is 1.28. The first-order chi connectivity index (χ1) is 34.0. The van der Waals surface area contributed by atoms with Crippen LogP contribution in [0.3, 0.4) is 0 Å².